The van der Waals surface area contributed by atoms with Gasteiger partial charge in [-0.3, -0.25) is 4.99 Å². The molecule has 0 spiro atoms. The van der Waals surface area contributed by atoms with Crippen molar-refractivity contribution in [2.75, 3.05) is 19.8 Å². The minimum atomic E-state index is -0.844. The molecular weight excluding hydrogens is 295 g/mol. The zero-order chi connectivity index (χ0) is 15.4. The summed E-state index contributed by atoms with van der Waals surface area (Å²) in [6.07, 6.45) is 13.9. The van der Waals surface area contributed by atoms with Gasteiger partial charge < -0.3 is 9.05 Å². The molecule has 5 heteroatoms. The quantitative estimate of drug-likeness (QED) is 0.530. The van der Waals surface area contributed by atoms with E-state index in [4.69, 9.17) is 14.0 Å². The van der Waals surface area contributed by atoms with Crippen molar-refractivity contribution in [3.05, 3.63) is 31.6 Å². The average Bonchev–Trinajstić information content (AvgIpc) is 3.25. The summed E-state index contributed by atoms with van der Waals surface area (Å²) in [6, 6.07) is 0.800. The Morgan fingerprint density at radius 2 is 2.32 bits per heavy atom. The van der Waals surface area contributed by atoms with Gasteiger partial charge in [-0.2, -0.15) is 0 Å². The first-order chi connectivity index (χ1) is 10.8. The summed E-state index contributed by atoms with van der Waals surface area (Å²) in [5, 5.41) is 0. The fourth-order valence-electron chi connectivity index (χ4n) is 2.96. The molecule has 1 saturated carbocycles. The lowest BCUT2D eigenvalue weighted by Gasteiger charge is -2.24. The molecule has 2 aliphatic heterocycles. The second kappa shape index (κ2) is 8.19. The number of fused-ring (bicyclic) bond motifs is 1. The monoisotopic (exact) mass is 321 g/mol. The Hall–Kier alpha value is -0.0200. The van der Waals surface area contributed by atoms with Crippen LogP contribution in [0.5, 0.6) is 0 Å². The van der Waals surface area contributed by atoms with Crippen molar-refractivity contribution in [2.24, 2.45) is 10.9 Å². The van der Waals surface area contributed by atoms with Crippen LogP contribution < -0.4 is 0 Å². The Balaban J connectivity index is 1.51. The molecule has 0 aromatic heterocycles. The third kappa shape index (κ3) is 4.08. The molecule has 0 bridgehead atoms. The van der Waals surface area contributed by atoms with Gasteiger partial charge in [0.2, 0.25) is 0 Å². The molecule has 3 rings (SSSR count). The van der Waals surface area contributed by atoms with Crippen LogP contribution in [0.25, 0.3) is 0 Å². The smallest absolute Gasteiger partial charge is 0.259 e. The SMILES string of the molecule is CC[C@H](C)[C@@H](CO[P@]1OC[C@@H]2CCCN21)N=C[C]1[CH][CH][CH][CH]1. The number of nitrogens with zero attached hydrogens (tertiary/aromatic N) is 2. The van der Waals surface area contributed by atoms with E-state index in [-0.39, 0.29) is 6.04 Å². The molecule has 3 fully saturated rings. The number of rotatable bonds is 7. The average molecular weight is 321 g/mol. The van der Waals surface area contributed by atoms with Crippen molar-refractivity contribution in [3.8, 4) is 0 Å². The molecule has 2 heterocycles. The van der Waals surface area contributed by atoms with Crippen molar-refractivity contribution in [1.29, 1.82) is 0 Å². The third-order valence-corrected chi connectivity index (χ3v) is 6.38. The summed E-state index contributed by atoms with van der Waals surface area (Å²) in [4.78, 5) is 4.77. The minimum Gasteiger partial charge on any atom is -0.320 e. The molecule has 4 atom stereocenters. The van der Waals surface area contributed by atoms with E-state index in [9.17, 15) is 0 Å². The highest BCUT2D eigenvalue weighted by Gasteiger charge is 2.40. The highest BCUT2D eigenvalue weighted by molar-refractivity contribution is 7.44. The molecule has 0 aromatic carbocycles. The number of hydrogen-bond donors (Lipinski definition) is 0. The van der Waals surface area contributed by atoms with Gasteiger partial charge in [-0.15, -0.1) is 0 Å². The number of aliphatic imine (C=N–C) groups is 1. The van der Waals surface area contributed by atoms with Crippen LogP contribution in [0.15, 0.2) is 4.99 Å². The first kappa shape index (κ1) is 16.8. The molecule has 0 N–H and O–H groups in total. The topological polar surface area (TPSA) is 34.1 Å². The lowest BCUT2D eigenvalue weighted by Crippen LogP contribution is -2.24. The summed E-state index contributed by atoms with van der Waals surface area (Å²) in [6.45, 7) is 7.08. The first-order valence-corrected chi connectivity index (χ1v) is 9.48. The molecule has 2 saturated heterocycles. The molecule has 0 aromatic rings. The lowest BCUT2D eigenvalue weighted by atomic mass is 10.0. The van der Waals surface area contributed by atoms with Crippen LogP contribution in [-0.4, -0.2) is 42.7 Å². The van der Waals surface area contributed by atoms with Crippen molar-refractivity contribution in [1.82, 2.24) is 4.67 Å². The summed E-state index contributed by atoms with van der Waals surface area (Å²) in [7, 11) is -0.844. The second-order valence-electron chi connectivity index (χ2n) is 6.24. The molecule has 0 amide bonds. The van der Waals surface area contributed by atoms with Gasteiger partial charge in [-0.1, -0.05) is 20.3 Å². The maximum atomic E-state index is 6.13. The lowest BCUT2D eigenvalue weighted by molar-refractivity contribution is 0.225. The summed E-state index contributed by atoms with van der Waals surface area (Å²) >= 11 is 0. The summed E-state index contributed by atoms with van der Waals surface area (Å²) in [5.41, 5.74) is 0. The van der Waals surface area contributed by atoms with Crippen LogP contribution in [0.3, 0.4) is 0 Å². The van der Waals surface area contributed by atoms with Gasteiger partial charge in [0.15, 0.2) is 0 Å². The zero-order valence-electron chi connectivity index (χ0n) is 13.5. The highest BCUT2D eigenvalue weighted by atomic mass is 31.2. The van der Waals surface area contributed by atoms with Gasteiger partial charge >= 0.3 is 0 Å². The van der Waals surface area contributed by atoms with Crippen molar-refractivity contribution < 1.29 is 9.05 Å². The van der Waals surface area contributed by atoms with E-state index in [1.165, 1.54) is 12.8 Å². The predicted molar refractivity (Wildman–Crippen MR) is 90.7 cm³/mol. The van der Waals surface area contributed by atoms with Crippen LogP contribution in [0.1, 0.15) is 33.1 Å². The van der Waals surface area contributed by atoms with Gasteiger partial charge in [0.05, 0.1) is 19.3 Å². The molecule has 121 valence electrons. The normalized spacial score (nSPS) is 32.8. The Morgan fingerprint density at radius 1 is 1.50 bits per heavy atom. The van der Waals surface area contributed by atoms with Crippen LogP contribution in [0, 0.1) is 37.5 Å². The van der Waals surface area contributed by atoms with Gasteiger partial charge in [0.25, 0.3) is 8.53 Å². The van der Waals surface area contributed by atoms with E-state index >= 15 is 0 Å². The van der Waals surface area contributed by atoms with Crippen molar-refractivity contribution >= 4 is 14.7 Å². The molecule has 1 aliphatic carbocycles. The molecule has 22 heavy (non-hydrogen) atoms. The standard InChI is InChI=1S/C17H26N2O2P/c1-3-14(2)17(18-11-15-7-4-5-8-15)13-21-22-19-10-6-9-16(19)12-20-22/h4-5,7-8,11,14,16-17H,3,6,9-10,12-13H2,1-2H3/t14-,16-,17+,22-/m0/s1. The Morgan fingerprint density at radius 3 is 3.09 bits per heavy atom. The third-order valence-electron chi connectivity index (χ3n) is 4.69. The van der Waals surface area contributed by atoms with Gasteiger partial charge in [-0.25, -0.2) is 4.67 Å². The second-order valence-corrected chi connectivity index (χ2v) is 7.74. The van der Waals surface area contributed by atoms with E-state index < -0.39 is 8.53 Å². The van der Waals surface area contributed by atoms with E-state index in [0.717, 1.165) is 25.5 Å². The van der Waals surface area contributed by atoms with Crippen LogP contribution >= 0.6 is 8.53 Å². The van der Waals surface area contributed by atoms with Crippen molar-refractivity contribution in [2.45, 2.75) is 45.2 Å². The molecule has 5 radical (unpaired) electrons. The van der Waals surface area contributed by atoms with Crippen LogP contribution in [-0.2, 0) is 9.05 Å². The van der Waals surface area contributed by atoms with Crippen LogP contribution in [0.2, 0.25) is 0 Å². The Kier molecular flexibility index (Phi) is 6.26. The first-order valence-electron chi connectivity index (χ1n) is 8.35. The summed E-state index contributed by atoms with van der Waals surface area (Å²) in [5.74, 6) is 1.67. The molecular formula is C17H26N2O2P. The van der Waals surface area contributed by atoms with E-state index in [1.54, 1.807) is 0 Å². The van der Waals surface area contributed by atoms with E-state index in [1.807, 2.05) is 19.1 Å². The fourth-order valence-corrected chi connectivity index (χ4v) is 4.67. The molecule has 4 nitrogen and oxygen atoms in total. The highest BCUT2D eigenvalue weighted by Crippen LogP contribution is 2.52. The molecule has 3 aliphatic rings. The molecule has 0 unspecified atom stereocenters. The predicted octanol–water partition coefficient (Wildman–Crippen LogP) is 3.62. The maximum Gasteiger partial charge on any atom is 0.259 e. The van der Waals surface area contributed by atoms with Crippen molar-refractivity contribution in [3.63, 3.8) is 0 Å². The minimum absolute atomic E-state index is 0.202. The van der Waals surface area contributed by atoms with Gasteiger partial charge in [0.1, 0.15) is 0 Å². The van der Waals surface area contributed by atoms with E-state index in [2.05, 4.69) is 31.4 Å². The Bertz CT molecular complexity index is 374. The van der Waals surface area contributed by atoms with E-state index in [0.29, 0.717) is 18.6 Å². The number of hydrogen-bond acceptors (Lipinski definition) is 4. The zero-order valence-corrected chi connectivity index (χ0v) is 14.4. The fraction of sp³-hybridized carbons (Fsp3) is 0.647. The largest absolute Gasteiger partial charge is 0.320 e. The van der Waals surface area contributed by atoms with Gasteiger partial charge in [0, 0.05) is 24.7 Å². The van der Waals surface area contributed by atoms with Gasteiger partial charge in [-0.05, 0) is 44.4 Å². The Labute approximate surface area is 136 Å². The summed E-state index contributed by atoms with van der Waals surface area (Å²) < 4.78 is 14.4. The van der Waals surface area contributed by atoms with Crippen LogP contribution in [0.4, 0.5) is 0 Å². The maximum absolute atomic E-state index is 6.13.